The van der Waals surface area contributed by atoms with E-state index in [2.05, 4.69) is 0 Å². The van der Waals surface area contributed by atoms with Gasteiger partial charge in [0.25, 0.3) is 0 Å². The first-order chi connectivity index (χ1) is 7.95. The summed E-state index contributed by atoms with van der Waals surface area (Å²) in [5.41, 5.74) is 0. The van der Waals surface area contributed by atoms with Gasteiger partial charge in [0, 0.05) is 7.11 Å². The van der Waals surface area contributed by atoms with Crippen LogP contribution in [0.4, 0.5) is 0 Å². The monoisotopic (exact) mass is 246 g/mol. The Hall–Kier alpha value is -0.160. The fourth-order valence-corrected chi connectivity index (χ4v) is 2.14. The van der Waals surface area contributed by atoms with Crippen molar-refractivity contribution in [3.63, 3.8) is 0 Å². The summed E-state index contributed by atoms with van der Waals surface area (Å²) in [5, 5.41) is 0. The minimum absolute atomic E-state index is 0.0156. The smallest absolute Gasteiger partial charge is 0.115 e. The molecule has 0 radical (unpaired) electrons. The number of methoxy groups -OCH3 is 1. The highest BCUT2D eigenvalue weighted by Gasteiger charge is 2.44. The van der Waals surface area contributed by atoms with Crippen LogP contribution in [0, 0.1) is 0 Å². The zero-order valence-corrected chi connectivity index (χ0v) is 11.8. The molecule has 4 atom stereocenters. The average Bonchev–Trinajstić information content (AvgIpc) is 2.51. The van der Waals surface area contributed by atoms with Gasteiger partial charge in [0.1, 0.15) is 18.3 Å². The summed E-state index contributed by atoms with van der Waals surface area (Å²) in [6, 6.07) is 0. The fraction of sp³-hybridized carbons (Fsp3) is 1.00. The minimum atomic E-state index is -0.0475. The third-order valence-corrected chi connectivity index (χ3v) is 2.84. The topological polar surface area (TPSA) is 36.9 Å². The Bertz CT molecular complexity index is 217. The molecule has 0 aromatic carbocycles. The maximum atomic E-state index is 5.90. The molecule has 0 N–H and O–H groups in total. The Morgan fingerprint density at radius 3 is 2.18 bits per heavy atom. The first kappa shape index (κ1) is 14.9. The van der Waals surface area contributed by atoms with E-state index in [9.17, 15) is 0 Å². The first-order valence-electron chi connectivity index (χ1n) is 6.41. The van der Waals surface area contributed by atoms with Crippen LogP contribution in [0.5, 0.6) is 0 Å². The highest BCUT2D eigenvalue weighted by atomic mass is 16.6. The predicted molar refractivity (Wildman–Crippen MR) is 66.2 cm³/mol. The molecule has 0 spiro atoms. The maximum absolute atomic E-state index is 5.90. The third kappa shape index (κ3) is 4.21. The molecule has 0 aromatic heterocycles. The zero-order valence-electron chi connectivity index (χ0n) is 11.8. The van der Waals surface area contributed by atoms with Gasteiger partial charge in [-0.15, -0.1) is 0 Å². The zero-order chi connectivity index (χ0) is 13.0. The Labute approximate surface area is 105 Å². The number of hydrogen-bond acceptors (Lipinski definition) is 4. The molecule has 1 heterocycles. The van der Waals surface area contributed by atoms with Gasteiger partial charge >= 0.3 is 0 Å². The lowest BCUT2D eigenvalue weighted by molar-refractivity contribution is -0.0979. The molecule has 17 heavy (non-hydrogen) atoms. The maximum Gasteiger partial charge on any atom is 0.115 e. The van der Waals surface area contributed by atoms with E-state index in [0.717, 1.165) is 0 Å². The van der Waals surface area contributed by atoms with Crippen LogP contribution in [0.15, 0.2) is 0 Å². The molecule has 1 fully saturated rings. The summed E-state index contributed by atoms with van der Waals surface area (Å²) >= 11 is 0. The summed E-state index contributed by atoms with van der Waals surface area (Å²) < 4.78 is 22.8. The van der Waals surface area contributed by atoms with Crippen LogP contribution in [-0.4, -0.2) is 50.3 Å². The van der Waals surface area contributed by atoms with E-state index in [-0.39, 0.29) is 36.6 Å². The second-order valence-electron chi connectivity index (χ2n) is 5.11. The molecule has 4 nitrogen and oxygen atoms in total. The van der Waals surface area contributed by atoms with Crippen molar-refractivity contribution in [2.45, 2.75) is 71.2 Å². The second-order valence-corrected chi connectivity index (χ2v) is 5.11. The van der Waals surface area contributed by atoms with Crippen LogP contribution in [0.2, 0.25) is 0 Å². The molecule has 0 aliphatic carbocycles. The summed E-state index contributed by atoms with van der Waals surface area (Å²) in [7, 11) is 1.70. The number of ether oxygens (including phenoxy) is 4. The lowest BCUT2D eigenvalue weighted by Gasteiger charge is -2.25. The molecule has 0 amide bonds. The van der Waals surface area contributed by atoms with E-state index in [1.54, 1.807) is 7.11 Å². The van der Waals surface area contributed by atoms with E-state index in [4.69, 9.17) is 18.9 Å². The Morgan fingerprint density at radius 2 is 1.71 bits per heavy atom. The quantitative estimate of drug-likeness (QED) is 0.718. The highest BCUT2D eigenvalue weighted by Crippen LogP contribution is 2.27. The van der Waals surface area contributed by atoms with E-state index < -0.39 is 0 Å². The molecule has 4 heteroatoms. The lowest BCUT2D eigenvalue weighted by atomic mass is 10.1. The standard InChI is InChI=1S/C13H26O4/c1-8(2)15-7-11-13(16-9(3)4)12(14-6)10(5)17-11/h8-13H,7H2,1-6H3/t10-,11+,12+,13?/m0/s1. The van der Waals surface area contributed by atoms with E-state index in [1.165, 1.54) is 0 Å². The molecule has 1 unspecified atom stereocenters. The van der Waals surface area contributed by atoms with Gasteiger partial charge < -0.3 is 18.9 Å². The summed E-state index contributed by atoms with van der Waals surface area (Å²) in [6.07, 6.45) is 0.305. The SMILES string of the molecule is CO[C@H]1C(OC(C)C)[C@@H](COC(C)C)O[C@H]1C. The molecule has 102 valence electrons. The normalized spacial score (nSPS) is 33.9. The molecular formula is C13H26O4. The summed E-state index contributed by atoms with van der Waals surface area (Å²) in [6.45, 7) is 10.7. The van der Waals surface area contributed by atoms with Crippen LogP contribution >= 0.6 is 0 Å². The first-order valence-corrected chi connectivity index (χ1v) is 6.41. The van der Waals surface area contributed by atoms with Crippen LogP contribution in [-0.2, 0) is 18.9 Å². The largest absolute Gasteiger partial charge is 0.376 e. The van der Waals surface area contributed by atoms with Crippen molar-refractivity contribution >= 4 is 0 Å². The van der Waals surface area contributed by atoms with Gasteiger partial charge in [0.15, 0.2) is 0 Å². The highest BCUT2D eigenvalue weighted by molar-refractivity contribution is 4.91. The van der Waals surface area contributed by atoms with Gasteiger partial charge in [-0.05, 0) is 34.6 Å². The lowest BCUT2D eigenvalue weighted by Crippen LogP contribution is -2.40. The van der Waals surface area contributed by atoms with Crippen LogP contribution in [0.25, 0.3) is 0 Å². The minimum Gasteiger partial charge on any atom is -0.376 e. The van der Waals surface area contributed by atoms with E-state index in [0.29, 0.717) is 6.61 Å². The molecule has 0 aromatic rings. The van der Waals surface area contributed by atoms with Crippen LogP contribution < -0.4 is 0 Å². The van der Waals surface area contributed by atoms with Crippen molar-refractivity contribution in [2.24, 2.45) is 0 Å². The molecule has 0 saturated carbocycles. The Kier molecular flexibility index (Phi) is 5.86. The van der Waals surface area contributed by atoms with Gasteiger partial charge in [-0.3, -0.25) is 0 Å². The number of hydrogen-bond donors (Lipinski definition) is 0. The second kappa shape index (κ2) is 6.69. The van der Waals surface area contributed by atoms with Crippen molar-refractivity contribution in [1.29, 1.82) is 0 Å². The van der Waals surface area contributed by atoms with Crippen molar-refractivity contribution in [2.75, 3.05) is 13.7 Å². The van der Waals surface area contributed by atoms with Crippen molar-refractivity contribution < 1.29 is 18.9 Å². The third-order valence-electron chi connectivity index (χ3n) is 2.84. The van der Waals surface area contributed by atoms with E-state index >= 15 is 0 Å². The summed E-state index contributed by atoms with van der Waals surface area (Å²) in [4.78, 5) is 0. The summed E-state index contributed by atoms with van der Waals surface area (Å²) in [5.74, 6) is 0. The van der Waals surface area contributed by atoms with Gasteiger partial charge in [-0.25, -0.2) is 0 Å². The molecule has 1 saturated heterocycles. The predicted octanol–water partition coefficient (Wildman–Crippen LogP) is 2.01. The van der Waals surface area contributed by atoms with Gasteiger partial charge in [0.2, 0.25) is 0 Å². The van der Waals surface area contributed by atoms with E-state index in [1.807, 2.05) is 34.6 Å². The van der Waals surface area contributed by atoms with Crippen LogP contribution in [0.1, 0.15) is 34.6 Å². The number of rotatable bonds is 6. The van der Waals surface area contributed by atoms with Gasteiger partial charge in [-0.2, -0.15) is 0 Å². The molecule has 1 rings (SSSR count). The van der Waals surface area contributed by atoms with Crippen molar-refractivity contribution in [3.05, 3.63) is 0 Å². The van der Waals surface area contributed by atoms with Gasteiger partial charge in [-0.1, -0.05) is 0 Å². The van der Waals surface area contributed by atoms with Crippen molar-refractivity contribution in [1.82, 2.24) is 0 Å². The molecule has 0 bridgehead atoms. The Balaban J connectivity index is 2.60. The molecular weight excluding hydrogens is 220 g/mol. The van der Waals surface area contributed by atoms with Crippen LogP contribution in [0.3, 0.4) is 0 Å². The molecule has 1 aliphatic heterocycles. The van der Waals surface area contributed by atoms with Gasteiger partial charge in [0.05, 0.1) is 24.9 Å². The Morgan fingerprint density at radius 1 is 1.06 bits per heavy atom. The average molecular weight is 246 g/mol. The fourth-order valence-electron chi connectivity index (χ4n) is 2.14. The molecule has 1 aliphatic rings. The van der Waals surface area contributed by atoms with Crippen molar-refractivity contribution in [3.8, 4) is 0 Å².